The van der Waals surface area contributed by atoms with Crippen LogP contribution in [0.25, 0.3) is 6.08 Å². The molecule has 1 aliphatic carbocycles. The Kier molecular flexibility index (Phi) is 16.3. The zero-order valence-electron chi connectivity index (χ0n) is 27.6. The number of hydrogen-bond acceptors (Lipinski definition) is 5. The van der Waals surface area contributed by atoms with E-state index in [0.717, 1.165) is 31.0 Å². The molecule has 1 aliphatic heterocycles. The molecule has 248 valence electrons. The van der Waals surface area contributed by atoms with Crippen LogP contribution >= 0.6 is 0 Å². The maximum absolute atomic E-state index is 13.2. The molecule has 1 saturated carbocycles. The zero-order chi connectivity index (χ0) is 29.9. The molecule has 4 rings (SSSR count). The van der Waals surface area contributed by atoms with E-state index in [1.807, 2.05) is 19.9 Å². The molecule has 0 N–H and O–H groups in total. The van der Waals surface area contributed by atoms with Crippen LogP contribution in [0, 0.1) is 5.92 Å². The third-order valence-corrected chi connectivity index (χ3v) is 10.2. The molecule has 0 radical (unpaired) electrons. The van der Waals surface area contributed by atoms with Gasteiger partial charge in [-0.05, 0) is 79.8 Å². The quantitative estimate of drug-likeness (QED) is 0.346. The molecule has 2 aliphatic rings. The van der Waals surface area contributed by atoms with Crippen LogP contribution < -0.4 is 34.5 Å². The Bertz CT molecular complexity index is 1320. The molecule has 0 amide bonds. The van der Waals surface area contributed by atoms with Crippen molar-refractivity contribution in [2.24, 2.45) is 5.92 Å². The van der Waals surface area contributed by atoms with Gasteiger partial charge in [0, 0.05) is 45.0 Å². The fourth-order valence-electron chi connectivity index (χ4n) is 6.22. The van der Waals surface area contributed by atoms with Gasteiger partial charge in [0.2, 0.25) is 10.0 Å². The van der Waals surface area contributed by atoms with E-state index in [-0.39, 0.29) is 55.3 Å². The molecule has 10 heteroatoms. The molecule has 0 unspecified atom stereocenters. The monoisotopic (exact) mass is 753 g/mol. The third kappa shape index (κ3) is 9.38. The van der Waals surface area contributed by atoms with Gasteiger partial charge in [-0.1, -0.05) is 65.2 Å². The molecule has 6 nitrogen and oxygen atoms in total. The summed E-state index contributed by atoms with van der Waals surface area (Å²) in [4.78, 5) is 5.32. The number of anilines is 1. The van der Waals surface area contributed by atoms with Gasteiger partial charge in [-0.25, -0.2) is 12.7 Å². The van der Waals surface area contributed by atoms with E-state index in [9.17, 15) is 8.42 Å². The number of sulfonamides is 1. The summed E-state index contributed by atoms with van der Waals surface area (Å²) >= 11 is 0. The number of halogens is 2. The first-order valence-electron chi connectivity index (χ1n) is 15.5. The SMILES string of the molecule is CC(C)Oc1ccc(S(=O)(=O)N(C)C)cc1C=C1N(CC2CCCCC2)CCN1c1c(C(C)C)cccc1C(C)C.[Cl-].[Cl-].[Ru+2]. The minimum absolute atomic E-state index is 0. The Balaban J connectivity index is 0.00000323. The van der Waals surface area contributed by atoms with Gasteiger partial charge in [-0.15, -0.1) is 0 Å². The first-order valence-corrected chi connectivity index (χ1v) is 16.9. The second-order valence-corrected chi connectivity index (χ2v) is 15.0. The van der Waals surface area contributed by atoms with E-state index in [2.05, 4.69) is 61.8 Å². The van der Waals surface area contributed by atoms with E-state index in [0.29, 0.717) is 23.5 Å². The molecule has 0 atom stereocenters. The fraction of sp³-hybridized carbons (Fsp3) is 0.588. The Morgan fingerprint density at radius 1 is 0.909 bits per heavy atom. The number of rotatable bonds is 10. The molecule has 2 aromatic carbocycles. The number of nitrogens with zero attached hydrogens (tertiary/aromatic N) is 3. The van der Waals surface area contributed by atoms with Crippen LogP contribution in [-0.4, -0.2) is 57.5 Å². The van der Waals surface area contributed by atoms with Crippen LogP contribution in [0.4, 0.5) is 5.69 Å². The van der Waals surface area contributed by atoms with E-state index in [1.54, 1.807) is 26.2 Å². The van der Waals surface area contributed by atoms with Crippen molar-refractivity contribution in [3.63, 3.8) is 0 Å². The van der Waals surface area contributed by atoms with Crippen molar-refractivity contribution >= 4 is 21.8 Å². The number of para-hydroxylation sites is 1. The van der Waals surface area contributed by atoms with Crippen molar-refractivity contribution in [1.29, 1.82) is 0 Å². The Hall–Kier alpha value is -1.31. The molecular formula is C34H51Cl2N3O3RuS. The molecule has 0 spiro atoms. The number of ether oxygens (including phenoxy) is 1. The molecule has 44 heavy (non-hydrogen) atoms. The third-order valence-electron chi connectivity index (χ3n) is 8.42. The summed E-state index contributed by atoms with van der Waals surface area (Å²) in [7, 11) is -0.442. The van der Waals surface area contributed by atoms with Gasteiger partial charge in [-0.2, -0.15) is 0 Å². The second kappa shape index (κ2) is 17.6. The molecule has 2 fully saturated rings. The van der Waals surface area contributed by atoms with Crippen molar-refractivity contribution in [3.05, 3.63) is 58.9 Å². The molecule has 1 saturated heterocycles. The van der Waals surface area contributed by atoms with Gasteiger partial charge < -0.3 is 39.4 Å². The molecule has 1 heterocycles. The van der Waals surface area contributed by atoms with E-state index in [4.69, 9.17) is 4.74 Å². The van der Waals surface area contributed by atoms with E-state index in [1.165, 1.54) is 53.2 Å². The molecule has 0 bridgehead atoms. The summed E-state index contributed by atoms with van der Waals surface area (Å²) in [5.74, 6) is 3.29. The van der Waals surface area contributed by atoms with Gasteiger partial charge in [0.25, 0.3) is 0 Å². The Morgan fingerprint density at radius 3 is 2.02 bits per heavy atom. The average Bonchev–Trinajstić information content (AvgIpc) is 3.30. The normalized spacial score (nSPS) is 16.9. The van der Waals surface area contributed by atoms with Crippen LogP contribution in [0.2, 0.25) is 0 Å². The topological polar surface area (TPSA) is 53.1 Å². The van der Waals surface area contributed by atoms with Gasteiger partial charge in [0.1, 0.15) is 11.6 Å². The smallest absolute Gasteiger partial charge is 1.00 e. The van der Waals surface area contributed by atoms with Crippen LogP contribution in [-0.2, 0) is 29.5 Å². The van der Waals surface area contributed by atoms with Crippen LogP contribution in [0.3, 0.4) is 0 Å². The van der Waals surface area contributed by atoms with E-state index < -0.39 is 10.0 Å². The van der Waals surface area contributed by atoms with Crippen LogP contribution in [0.5, 0.6) is 5.75 Å². The number of hydrogen-bond donors (Lipinski definition) is 0. The summed E-state index contributed by atoms with van der Waals surface area (Å²) in [6.45, 7) is 16.0. The fourth-order valence-corrected chi connectivity index (χ4v) is 7.15. The first kappa shape index (κ1) is 40.7. The van der Waals surface area contributed by atoms with E-state index >= 15 is 0 Å². The standard InChI is InChI=1S/C34H51N3O3S.2ClH.Ru/c1-24(2)30-15-12-16-31(25(3)4)34(30)37-20-19-36(23-27-13-10-9-11-14-27)33(37)22-28-21-29(41(38,39)35(7)8)17-18-32(28)40-26(5)6;;;/h12,15-18,21-22,24-27H,9-11,13-14,19-20,23H2,1-8H3;2*1H;/q;;;+2/p-2. The van der Waals surface area contributed by atoms with Crippen molar-refractivity contribution in [2.75, 3.05) is 38.6 Å². The van der Waals surface area contributed by atoms with Crippen molar-refractivity contribution in [1.82, 2.24) is 9.21 Å². The largest absolute Gasteiger partial charge is 2.00 e. The van der Waals surface area contributed by atoms with Gasteiger partial charge >= 0.3 is 19.5 Å². The van der Waals surface area contributed by atoms with Crippen LogP contribution in [0.15, 0.2) is 47.1 Å². The maximum Gasteiger partial charge on any atom is 2.00 e. The molecular weight excluding hydrogens is 702 g/mol. The molecule has 0 aromatic heterocycles. The van der Waals surface area contributed by atoms with Gasteiger partial charge in [0.05, 0.1) is 11.0 Å². The zero-order valence-corrected chi connectivity index (χ0v) is 31.7. The predicted octanol–water partition coefficient (Wildman–Crippen LogP) is 1.68. The first-order chi connectivity index (χ1) is 19.4. The minimum atomic E-state index is -3.59. The summed E-state index contributed by atoms with van der Waals surface area (Å²) in [6.07, 6.45) is 8.68. The summed E-state index contributed by atoms with van der Waals surface area (Å²) in [6, 6.07) is 12.0. The maximum atomic E-state index is 13.2. The van der Waals surface area contributed by atoms with Gasteiger partial charge in [0.15, 0.2) is 0 Å². The Morgan fingerprint density at radius 2 is 1.50 bits per heavy atom. The minimum Gasteiger partial charge on any atom is -1.00 e. The van der Waals surface area contributed by atoms with Crippen molar-refractivity contribution in [3.8, 4) is 5.75 Å². The van der Waals surface area contributed by atoms with Crippen molar-refractivity contribution in [2.45, 2.75) is 96.5 Å². The summed E-state index contributed by atoms with van der Waals surface area (Å²) < 4.78 is 33.8. The summed E-state index contributed by atoms with van der Waals surface area (Å²) in [5.41, 5.74) is 4.80. The Labute approximate surface area is 292 Å². The second-order valence-electron chi connectivity index (χ2n) is 12.9. The van der Waals surface area contributed by atoms with Crippen molar-refractivity contribution < 1.29 is 57.4 Å². The summed E-state index contributed by atoms with van der Waals surface area (Å²) in [5, 5.41) is 0. The van der Waals surface area contributed by atoms with Gasteiger partial charge in [-0.3, -0.25) is 0 Å². The number of benzene rings is 2. The predicted molar refractivity (Wildman–Crippen MR) is 171 cm³/mol. The average molecular weight is 754 g/mol. The van der Waals surface area contributed by atoms with Crippen LogP contribution in [0.1, 0.15) is 102 Å². The molecule has 2 aromatic rings.